The number of piperazine rings is 1. The zero-order chi connectivity index (χ0) is 13.4. The second-order valence-electron chi connectivity index (χ2n) is 5.45. The third kappa shape index (κ3) is 2.90. The Balaban J connectivity index is 1.61. The maximum Gasteiger partial charge on any atom is 0.347 e. The van der Waals surface area contributed by atoms with Gasteiger partial charge >= 0.3 is 5.97 Å². The minimum Gasteiger partial charge on any atom is -0.477 e. The molecule has 0 radical (unpaired) electrons. The van der Waals surface area contributed by atoms with Crippen LogP contribution in [0.3, 0.4) is 0 Å². The van der Waals surface area contributed by atoms with E-state index in [4.69, 9.17) is 5.11 Å². The number of rotatable bonds is 4. The summed E-state index contributed by atoms with van der Waals surface area (Å²) in [7, 11) is 0. The molecular weight excluding hydrogens is 262 g/mol. The van der Waals surface area contributed by atoms with Crippen molar-refractivity contribution >= 4 is 22.4 Å². The second-order valence-corrected chi connectivity index (χ2v) is 6.42. The smallest absolute Gasteiger partial charge is 0.347 e. The number of carbonyl (C=O) groups is 1. The lowest BCUT2D eigenvalue weighted by Crippen LogP contribution is -2.47. The molecule has 1 aromatic heterocycles. The van der Waals surface area contributed by atoms with Gasteiger partial charge in [0.05, 0.1) is 5.69 Å². The van der Waals surface area contributed by atoms with Crippen LogP contribution in [0.1, 0.15) is 28.2 Å². The van der Waals surface area contributed by atoms with Crippen molar-refractivity contribution in [3.8, 4) is 0 Å². The summed E-state index contributed by atoms with van der Waals surface area (Å²) in [4.78, 5) is 20.5. The van der Waals surface area contributed by atoms with Gasteiger partial charge in [-0.05, 0) is 25.7 Å². The number of hydrogen-bond acceptors (Lipinski definition) is 5. The number of aromatic carboxylic acids is 1. The topological polar surface area (TPSA) is 56.7 Å². The largest absolute Gasteiger partial charge is 0.477 e. The van der Waals surface area contributed by atoms with Crippen LogP contribution in [0.25, 0.3) is 0 Å². The number of aryl methyl sites for hydroxylation is 1. The number of nitrogens with zero attached hydrogens (tertiary/aromatic N) is 3. The molecule has 104 valence electrons. The molecule has 0 bridgehead atoms. The number of aromatic nitrogens is 1. The van der Waals surface area contributed by atoms with E-state index < -0.39 is 5.97 Å². The first-order valence-corrected chi connectivity index (χ1v) is 7.63. The third-order valence-electron chi connectivity index (χ3n) is 3.84. The molecule has 1 saturated carbocycles. The van der Waals surface area contributed by atoms with Gasteiger partial charge in [-0.25, -0.2) is 9.78 Å². The van der Waals surface area contributed by atoms with Crippen LogP contribution in [-0.2, 0) is 0 Å². The van der Waals surface area contributed by atoms with Gasteiger partial charge in [0.2, 0.25) is 0 Å². The second kappa shape index (κ2) is 5.09. The fourth-order valence-corrected chi connectivity index (χ4v) is 3.46. The van der Waals surface area contributed by atoms with Crippen LogP contribution < -0.4 is 4.90 Å². The molecule has 5 nitrogen and oxygen atoms in total. The summed E-state index contributed by atoms with van der Waals surface area (Å²) < 4.78 is 0. The Bertz CT molecular complexity index is 476. The number of carboxylic acids is 1. The molecule has 6 heteroatoms. The van der Waals surface area contributed by atoms with Crippen molar-refractivity contribution in [2.24, 2.45) is 5.92 Å². The van der Waals surface area contributed by atoms with E-state index in [0.29, 0.717) is 10.6 Å². The standard InChI is InChI=1S/C13H19N3O2S/c1-9-11(12(17)18)19-13(14-9)16-6-4-15(5-7-16)8-10-2-3-10/h10H,2-8H2,1H3,(H,17,18). The maximum absolute atomic E-state index is 11.0. The molecule has 1 aliphatic carbocycles. The zero-order valence-electron chi connectivity index (χ0n) is 11.1. The highest BCUT2D eigenvalue weighted by molar-refractivity contribution is 7.17. The van der Waals surface area contributed by atoms with Crippen molar-refractivity contribution in [1.82, 2.24) is 9.88 Å². The molecule has 1 N–H and O–H groups in total. The number of carboxylic acid groups (broad SMARTS) is 1. The molecule has 2 fully saturated rings. The first-order valence-electron chi connectivity index (χ1n) is 6.81. The van der Waals surface area contributed by atoms with Gasteiger partial charge in [-0.1, -0.05) is 11.3 Å². The molecule has 1 aromatic rings. The van der Waals surface area contributed by atoms with E-state index in [-0.39, 0.29) is 0 Å². The molecule has 3 rings (SSSR count). The van der Waals surface area contributed by atoms with E-state index in [1.165, 1.54) is 30.7 Å². The van der Waals surface area contributed by atoms with Crippen molar-refractivity contribution in [3.63, 3.8) is 0 Å². The summed E-state index contributed by atoms with van der Waals surface area (Å²) in [6.07, 6.45) is 2.79. The van der Waals surface area contributed by atoms with E-state index in [9.17, 15) is 4.79 Å². The van der Waals surface area contributed by atoms with Crippen molar-refractivity contribution in [2.75, 3.05) is 37.6 Å². The predicted molar refractivity (Wildman–Crippen MR) is 75.2 cm³/mol. The van der Waals surface area contributed by atoms with Gasteiger partial charge in [0, 0.05) is 32.7 Å². The van der Waals surface area contributed by atoms with Crippen LogP contribution in [-0.4, -0.2) is 53.7 Å². The van der Waals surface area contributed by atoms with E-state index in [0.717, 1.165) is 37.2 Å². The van der Waals surface area contributed by atoms with Crippen LogP contribution in [0, 0.1) is 12.8 Å². The summed E-state index contributed by atoms with van der Waals surface area (Å²) in [6.45, 7) is 7.06. The highest BCUT2D eigenvalue weighted by Gasteiger charge is 2.27. The Morgan fingerprint density at radius 2 is 2.05 bits per heavy atom. The summed E-state index contributed by atoms with van der Waals surface area (Å²) in [5, 5.41) is 9.93. The molecule has 0 unspecified atom stereocenters. The zero-order valence-corrected chi connectivity index (χ0v) is 11.9. The van der Waals surface area contributed by atoms with E-state index in [1.807, 2.05) is 0 Å². The van der Waals surface area contributed by atoms with Gasteiger partial charge in [0.25, 0.3) is 0 Å². The van der Waals surface area contributed by atoms with Crippen molar-refractivity contribution in [1.29, 1.82) is 0 Å². The third-order valence-corrected chi connectivity index (χ3v) is 5.04. The van der Waals surface area contributed by atoms with Gasteiger partial charge in [0.15, 0.2) is 5.13 Å². The van der Waals surface area contributed by atoms with Gasteiger partial charge in [-0.2, -0.15) is 0 Å². The molecule has 19 heavy (non-hydrogen) atoms. The fraction of sp³-hybridized carbons (Fsp3) is 0.692. The van der Waals surface area contributed by atoms with Crippen LogP contribution in [0.2, 0.25) is 0 Å². The van der Waals surface area contributed by atoms with E-state index in [1.54, 1.807) is 6.92 Å². The van der Waals surface area contributed by atoms with Gasteiger partial charge in [-0.3, -0.25) is 4.90 Å². The molecule has 2 aliphatic rings. The summed E-state index contributed by atoms with van der Waals surface area (Å²) >= 11 is 1.30. The molecule has 0 spiro atoms. The van der Waals surface area contributed by atoms with Gasteiger partial charge < -0.3 is 10.0 Å². The Hall–Kier alpha value is -1.14. The predicted octanol–water partition coefficient (Wildman–Crippen LogP) is 1.68. The molecule has 2 heterocycles. The highest BCUT2D eigenvalue weighted by Crippen LogP contribution is 2.31. The number of thiazole rings is 1. The van der Waals surface area contributed by atoms with Gasteiger partial charge in [-0.15, -0.1) is 0 Å². The first kappa shape index (κ1) is 12.9. The molecule has 0 atom stereocenters. The average Bonchev–Trinajstić information content (AvgIpc) is 3.10. The quantitative estimate of drug-likeness (QED) is 0.910. The van der Waals surface area contributed by atoms with Crippen LogP contribution in [0.15, 0.2) is 0 Å². The Morgan fingerprint density at radius 3 is 2.58 bits per heavy atom. The number of anilines is 1. The average molecular weight is 281 g/mol. The Kier molecular flexibility index (Phi) is 3.45. The SMILES string of the molecule is Cc1nc(N2CCN(CC3CC3)CC2)sc1C(=O)O. The van der Waals surface area contributed by atoms with Gasteiger partial charge in [0.1, 0.15) is 4.88 Å². The molecule has 0 aromatic carbocycles. The molecule has 0 amide bonds. The number of hydrogen-bond donors (Lipinski definition) is 1. The lowest BCUT2D eigenvalue weighted by Gasteiger charge is -2.34. The lowest BCUT2D eigenvalue weighted by atomic mass is 10.3. The van der Waals surface area contributed by atoms with Crippen molar-refractivity contribution < 1.29 is 9.90 Å². The lowest BCUT2D eigenvalue weighted by molar-refractivity contribution is 0.0701. The monoisotopic (exact) mass is 281 g/mol. The normalized spacial score (nSPS) is 20.8. The summed E-state index contributed by atoms with van der Waals surface area (Å²) in [5.74, 6) is 0.0703. The Labute approximate surface area is 116 Å². The van der Waals surface area contributed by atoms with Crippen molar-refractivity contribution in [2.45, 2.75) is 19.8 Å². The van der Waals surface area contributed by atoms with Crippen LogP contribution >= 0.6 is 11.3 Å². The van der Waals surface area contributed by atoms with Crippen LogP contribution in [0.5, 0.6) is 0 Å². The van der Waals surface area contributed by atoms with E-state index >= 15 is 0 Å². The van der Waals surface area contributed by atoms with Crippen LogP contribution in [0.4, 0.5) is 5.13 Å². The minimum atomic E-state index is -0.867. The first-order chi connectivity index (χ1) is 9.13. The molecular formula is C13H19N3O2S. The fourth-order valence-electron chi connectivity index (χ4n) is 2.50. The summed E-state index contributed by atoms with van der Waals surface area (Å²) in [5.41, 5.74) is 0.632. The highest BCUT2D eigenvalue weighted by atomic mass is 32.1. The summed E-state index contributed by atoms with van der Waals surface area (Å²) in [6, 6.07) is 0. The minimum absolute atomic E-state index is 0.371. The van der Waals surface area contributed by atoms with E-state index in [2.05, 4.69) is 14.8 Å². The van der Waals surface area contributed by atoms with Crippen molar-refractivity contribution in [3.05, 3.63) is 10.6 Å². The molecule has 1 saturated heterocycles. The Morgan fingerprint density at radius 1 is 1.37 bits per heavy atom. The maximum atomic E-state index is 11.0. The molecule has 1 aliphatic heterocycles.